The monoisotopic (exact) mass is 388 g/mol. The van der Waals surface area contributed by atoms with Gasteiger partial charge in [-0.05, 0) is 24.3 Å². The molecule has 4 rings (SSSR count). The molecule has 0 radical (unpaired) electrons. The number of fused-ring (bicyclic) bond motifs is 1. The van der Waals surface area contributed by atoms with E-state index in [9.17, 15) is 18.0 Å². The van der Waals surface area contributed by atoms with Crippen LogP contribution in [0.5, 0.6) is 0 Å². The van der Waals surface area contributed by atoms with Crippen molar-refractivity contribution in [3.05, 3.63) is 59.7 Å². The summed E-state index contributed by atoms with van der Waals surface area (Å²) in [6.45, 7) is 5.13. The predicted octanol–water partition coefficient (Wildman–Crippen LogP) is 4.27. The predicted molar refractivity (Wildman–Crippen MR) is 98.0 cm³/mol. The van der Waals surface area contributed by atoms with E-state index in [1.54, 1.807) is 4.90 Å². The van der Waals surface area contributed by atoms with Gasteiger partial charge in [-0.25, -0.2) is 4.98 Å². The van der Waals surface area contributed by atoms with Crippen LogP contribution in [0.3, 0.4) is 0 Å². The van der Waals surface area contributed by atoms with Gasteiger partial charge < -0.3 is 9.47 Å². The highest BCUT2D eigenvalue weighted by atomic mass is 19.4. The summed E-state index contributed by atoms with van der Waals surface area (Å²) in [7, 11) is 0. The summed E-state index contributed by atoms with van der Waals surface area (Å²) in [5.41, 5.74) is 1.10. The van der Waals surface area contributed by atoms with Gasteiger partial charge in [-0.15, -0.1) is 0 Å². The van der Waals surface area contributed by atoms with E-state index in [1.807, 2.05) is 24.3 Å². The molecule has 0 bridgehead atoms. The Morgan fingerprint density at radius 3 is 2.46 bits per heavy atom. The molecule has 3 heterocycles. The second-order valence-electron chi connectivity index (χ2n) is 7.28. The Kier molecular flexibility index (Phi) is 4.36. The summed E-state index contributed by atoms with van der Waals surface area (Å²) >= 11 is 0. The van der Waals surface area contributed by atoms with Crippen LogP contribution < -0.4 is 0 Å². The second kappa shape index (κ2) is 6.61. The summed E-state index contributed by atoms with van der Waals surface area (Å²) in [5.74, 6) is 0.888. The van der Waals surface area contributed by atoms with Crippen LogP contribution in [0, 0.1) is 0 Å². The fraction of sp³-hybridized carbons (Fsp3) is 0.350. The highest BCUT2D eigenvalue weighted by molar-refractivity contribution is 5.94. The SMILES string of the molecule is CC(C)c1nc2ccccc2n1C1CN(C(=O)c2ccc(C(F)(F)F)nc2)C1. The van der Waals surface area contributed by atoms with Gasteiger partial charge in [0.05, 0.1) is 22.6 Å². The van der Waals surface area contributed by atoms with Crippen LogP contribution in [0.15, 0.2) is 42.6 Å². The van der Waals surface area contributed by atoms with Crippen molar-refractivity contribution in [2.75, 3.05) is 13.1 Å². The molecule has 1 fully saturated rings. The lowest BCUT2D eigenvalue weighted by Crippen LogP contribution is -2.51. The van der Waals surface area contributed by atoms with E-state index in [0.29, 0.717) is 13.1 Å². The lowest BCUT2D eigenvalue weighted by molar-refractivity contribution is -0.141. The van der Waals surface area contributed by atoms with Crippen molar-refractivity contribution in [3.8, 4) is 0 Å². The molecular weight excluding hydrogens is 369 g/mol. The molecule has 0 unspecified atom stereocenters. The average Bonchev–Trinajstić information content (AvgIpc) is 3.00. The maximum Gasteiger partial charge on any atom is 0.433 e. The number of imidazole rings is 1. The number of nitrogens with zero attached hydrogens (tertiary/aromatic N) is 4. The Labute approximate surface area is 159 Å². The van der Waals surface area contributed by atoms with Gasteiger partial charge >= 0.3 is 6.18 Å². The molecule has 1 aliphatic rings. The van der Waals surface area contributed by atoms with E-state index in [0.717, 1.165) is 29.1 Å². The molecule has 1 amide bonds. The minimum Gasteiger partial charge on any atom is -0.334 e. The molecule has 1 saturated heterocycles. The molecule has 0 N–H and O–H groups in total. The molecule has 8 heteroatoms. The molecule has 0 aliphatic carbocycles. The van der Waals surface area contributed by atoms with Crippen LogP contribution in [0.1, 0.15) is 47.7 Å². The van der Waals surface area contributed by atoms with Crippen LogP contribution in [0.4, 0.5) is 13.2 Å². The number of hydrogen-bond donors (Lipinski definition) is 0. The summed E-state index contributed by atoms with van der Waals surface area (Å²) in [5, 5.41) is 0. The van der Waals surface area contributed by atoms with E-state index in [-0.39, 0.29) is 23.4 Å². The molecule has 0 saturated carbocycles. The van der Waals surface area contributed by atoms with Crippen molar-refractivity contribution >= 4 is 16.9 Å². The number of benzene rings is 1. The smallest absolute Gasteiger partial charge is 0.334 e. The number of alkyl halides is 3. The van der Waals surface area contributed by atoms with Gasteiger partial charge in [0, 0.05) is 25.2 Å². The number of para-hydroxylation sites is 2. The normalized spacial score (nSPS) is 15.3. The third-order valence-electron chi connectivity index (χ3n) is 4.95. The van der Waals surface area contributed by atoms with Gasteiger partial charge in [0.2, 0.25) is 0 Å². The highest BCUT2D eigenvalue weighted by Crippen LogP contribution is 2.32. The second-order valence-corrected chi connectivity index (χ2v) is 7.28. The molecule has 28 heavy (non-hydrogen) atoms. The lowest BCUT2D eigenvalue weighted by Gasteiger charge is -2.41. The zero-order valence-electron chi connectivity index (χ0n) is 15.4. The first-order valence-electron chi connectivity index (χ1n) is 9.05. The topological polar surface area (TPSA) is 51.0 Å². The number of likely N-dealkylation sites (tertiary alicyclic amines) is 1. The zero-order valence-corrected chi connectivity index (χ0v) is 15.4. The van der Waals surface area contributed by atoms with Crippen molar-refractivity contribution in [2.45, 2.75) is 32.0 Å². The largest absolute Gasteiger partial charge is 0.433 e. The molecule has 1 aromatic carbocycles. The Morgan fingerprint density at radius 2 is 1.86 bits per heavy atom. The lowest BCUT2D eigenvalue weighted by atomic mass is 10.1. The number of rotatable bonds is 3. The minimum absolute atomic E-state index is 0.0937. The van der Waals surface area contributed by atoms with Gasteiger partial charge in [0.25, 0.3) is 5.91 Å². The standard InChI is InChI=1S/C20H19F3N4O/c1-12(2)18-25-15-5-3-4-6-16(15)27(18)14-10-26(11-14)19(28)13-7-8-17(24-9-13)20(21,22)23/h3-9,12,14H,10-11H2,1-2H3. The van der Waals surface area contributed by atoms with Crippen molar-refractivity contribution in [1.82, 2.24) is 19.4 Å². The Morgan fingerprint density at radius 1 is 1.14 bits per heavy atom. The number of aromatic nitrogens is 3. The maximum atomic E-state index is 12.6. The molecule has 0 atom stereocenters. The van der Waals surface area contributed by atoms with Gasteiger partial charge in [0.15, 0.2) is 0 Å². The molecule has 146 valence electrons. The first-order valence-corrected chi connectivity index (χ1v) is 9.05. The molecule has 0 spiro atoms. The summed E-state index contributed by atoms with van der Waals surface area (Å²) in [6, 6.07) is 9.99. The molecule has 2 aromatic heterocycles. The molecule has 1 aliphatic heterocycles. The zero-order chi connectivity index (χ0) is 20.1. The Bertz CT molecular complexity index is 1020. The molecule has 3 aromatic rings. The number of halogens is 3. The van der Waals surface area contributed by atoms with Crippen LogP contribution in [-0.2, 0) is 6.18 Å². The highest BCUT2D eigenvalue weighted by Gasteiger charge is 2.36. The summed E-state index contributed by atoms with van der Waals surface area (Å²) in [6.07, 6.45) is -3.52. The number of pyridine rings is 1. The van der Waals surface area contributed by atoms with E-state index in [1.165, 1.54) is 6.07 Å². The quantitative estimate of drug-likeness (QED) is 0.673. The number of carbonyl (C=O) groups is 1. The van der Waals surface area contributed by atoms with E-state index < -0.39 is 11.9 Å². The van der Waals surface area contributed by atoms with Gasteiger partial charge in [-0.3, -0.25) is 9.78 Å². The third kappa shape index (κ3) is 3.12. The van der Waals surface area contributed by atoms with Crippen molar-refractivity contribution < 1.29 is 18.0 Å². The average molecular weight is 388 g/mol. The van der Waals surface area contributed by atoms with Crippen LogP contribution in [0.25, 0.3) is 11.0 Å². The van der Waals surface area contributed by atoms with Crippen molar-refractivity contribution in [1.29, 1.82) is 0 Å². The first kappa shape index (κ1) is 18.5. The van der Waals surface area contributed by atoms with Crippen LogP contribution >= 0.6 is 0 Å². The van der Waals surface area contributed by atoms with Gasteiger partial charge in [0.1, 0.15) is 11.5 Å². The number of amides is 1. The fourth-order valence-corrected chi connectivity index (χ4v) is 3.51. The maximum absolute atomic E-state index is 12.6. The Hall–Kier alpha value is -2.90. The van der Waals surface area contributed by atoms with E-state index in [4.69, 9.17) is 4.98 Å². The van der Waals surface area contributed by atoms with Gasteiger partial charge in [-0.2, -0.15) is 13.2 Å². The fourth-order valence-electron chi connectivity index (χ4n) is 3.51. The molecule has 5 nitrogen and oxygen atoms in total. The van der Waals surface area contributed by atoms with Crippen LogP contribution in [-0.4, -0.2) is 38.4 Å². The van der Waals surface area contributed by atoms with Crippen molar-refractivity contribution in [2.24, 2.45) is 0 Å². The third-order valence-corrected chi connectivity index (χ3v) is 4.95. The van der Waals surface area contributed by atoms with E-state index in [2.05, 4.69) is 23.4 Å². The van der Waals surface area contributed by atoms with Gasteiger partial charge in [-0.1, -0.05) is 26.0 Å². The Balaban J connectivity index is 1.53. The van der Waals surface area contributed by atoms with Crippen molar-refractivity contribution in [3.63, 3.8) is 0 Å². The molecular formula is C20H19F3N4O. The number of carbonyl (C=O) groups excluding carboxylic acids is 1. The van der Waals surface area contributed by atoms with Crippen LogP contribution in [0.2, 0.25) is 0 Å². The number of hydrogen-bond acceptors (Lipinski definition) is 3. The summed E-state index contributed by atoms with van der Waals surface area (Å²) in [4.78, 5) is 22.3. The minimum atomic E-state index is -4.51. The van der Waals surface area contributed by atoms with E-state index >= 15 is 0 Å². The summed E-state index contributed by atoms with van der Waals surface area (Å²) < 4.78 is 40.1. The first-order chi connectivity index (χ1) is 13.3.